The van der Waals surface area contributed by atoms with Crippen LogP contribution in [0.25, 0.3) is 0 Å². The minimum Gasteiger partial charge on any atom is -0.389 e. The second kappa shape index (κ2) is 6.51. The van der Waals surface area contributed by atoms with Crippen LogP contribution < -0.4 is 5.32 Å². The first-order valence-corrected chi connectivity index (χ1v) is 6.88. The van der Waals surface area contributed by atoms with Crippen LogP contribution in [0, 0.1) is 0 Å². The second-order valence-corrected chi connectivity index (χ2v) is 6.44. The molecule has 1 aromatic carbocycles. The fourth-order valence-corrected chi connectivity index (χ4v) is 2.79. The van der Waals surface area contributed by atoms with Gasteiger partial charge in [-0.15, -0.1) is 0 Å². The molecular formula is C16H28N2O. The van der Waals surface area contributed by atoms with E-state index >= 15 is 0 Å². The fourth-order valence-electron chi connectivity index (χ4n) is 2.79. The molecule has 0 saturated carbocycles. The van der Waals surface area contributed by atoms with Crippen molar-refractivity contribution in [3.8, 4) is 0 Å². The smallest absolute Gasteiger partial charge is 0.0718 e. The molecule has 3 heteroatoms. The molecule has 0 aliphatic rings. The van der Waals surface area contributed by atoms with Crippen LogP contribution >= 0.6 is 0 Å². The third-order valence-corrected chi connectivity index (χ3v) is 3.31. The summed E-state index contributed by atoms with van der Waals surface area (Å²) < 4.78 is 0. The molecule has 0 radical (unpaired) electrons. The van der Waals surface area contributed by atoms with E-state index in [4.69, 9.17) is 0 Å². The Bertz CT molecular complexity index is 372. The molecule has 2 N–H and O–H groups in total. The Labute approximate surface area is 117 Å². The van der Waals surface area contributed by atoms with Crippen LogP contribution in [-0.4, -0.2) is 49.3 Å². The molecule has 0 heterocycles. The maximum Gasteiger partial charge on any atom is 0.0718 e. The van der Waals surface area contributed by atoms with Gasteiger partial charge in [0.2, 0.25) is 0 Å². The summed E-state index contributed by atoms with van der Waals surface area (Å²) >= 11 is 0. The first kappa shape index (κ1) is 16.2. The summed E-state index contributed by atoms with van der Waals surface area (Å²) in [6.45, 7) is 8.44. The quantitative estimate of drug-likeness (QED) is 0.789. The van der Waals surface area contributed by atoms with Crippen LogP contribution in [-0.2, 0) is 5.41 Å². The molecule has 0 saturated heterocycles. The van der Waals surface area contributed by atoms with Gasteiger partial charge in [-0.3, -0.25) is 0 Å². The minimum absolute atomic E-state index is 0.0377. The van der Waals surface area contributed by atoms with Crippen molar-refractivity contribution in [2.24, 2.45) is 0 Å². The van der Waals surface area contributed by atoms with Crippen molar-refractivity contribution >= 4 is 0 Å². The van der Waals surface area contributed by atoms with E-state index in [2.05, 4.69) is 48.5 Å². The highest BCUT2D eigenvalue weighted by molar-refractivity contribution is 5.25. The molecule has 0 aliphatic carbocycles. The summed E-state index contributed by atoms with van der Waals surface area (Å²) in [6, 6.07) is 10.6. The van der Waals surface area contributed by atoms with Gasteiger partial charge in [-0.05, 0) is 33.5 Å². The van der Waals surface area contributed by atoms with Gasteiger partial charge in [0.15, 0.2) is 0 Å². The van der Waals surface area contributed by atoms with Crippen LogP contribution in [0.4, 0.5) is 0 Å². The number of likely N-dealkylation sites (N-methyl/N-ethyl adjacent to an activating group) is 2. The molecular weight excluding hydrogens is 236 g/mol. The molecule has 1 aromatic rings. The van der Waals surface area contributed by atoms with E-state index in [9.17, 15) is 5.11 Å². The number of hydrogen-bond donors (Lipinski definition) is 2. The third kappa shape index (κ3) is 5.31. The van der Waals surface area contributed by atoms with Crippen molar-refractivity contribution in [2.45, 2.75) is 31.8 Å². The molecule has 108 valence electrons. The zero-order valence-corrected chi connectivity index (χ0v) is 12.9. The highest BCUT2D eigenvalue weighted by atomic mass is 16.3. The Morgan fingerprint density at radius 2 is 1.68 bits per heavy atom. The van der Waals surface area contributed by atoms with Crippen molar-refractivity contribution in [3.63, 3.8) is 0 Å². The van der Waals surface area contributed by atoms with E-state index < -0.39 is 5.60 Å². The monoisotopic (exact) mass is 264 g/mol. The van der Waals surface area contributed by atoms with E-state index in [-0.39, 0.29) is 5.41 Å². The van der Waals surface area contributed by atoms with Gasteiger partial charge in [0.25, 0.3) is 0 Å². The zero-order chi connectivity index (χ0) is 14.5. The van der Waals surface area contributed by atoms with Gasteiger partial charge in [0.05, 0.1) is 5.60 Å². The normalized spacial score (nSPS) is 15.5. The van der Waals surface area contributed by atoms with Gasteiger partial charge >= 0.3 is 0 Å². The lowest BCUT2D eigenvalue weighted by Crippen LogP contribution is -2.47. The Balaban J connectivity index is 2.83. The van der Waals surface area contributed by atoms with E-state index in [0.29, 0.717) is 6.54 Å². The summed E-state index contributed by atoms with van der Waals surface area (Å²) in [5.74, 6) is 0. The highest BCUT2D eigenvalue weighted by Gasteiger charge is 2.29. The summed E-state index contributed by atoms with van der Waals surface area (Å²) in [7, 11) is 4.05. The van der Waals surface area contributed by atoms with Gasteiger partial charge < -0.3 is 15.3 Å². The molecule has 0 spiro atoms. The molecule has 1 atom stereocenters. The van der Waals surface area contributed by atoms with Crippen LogP contribution in [0.5, 0.6) is 0 Å². The largest absolute Gasteiger partial charge is 0.389 e. The first-order chi connectivity index (χ1) is 8.77. The number of hydrogen-bond acceptors (Lipinski definition) is 3. The van der Waals surface area contributed by atoms with Crippen molar-refractivity contribution in [3.05, 3.63) is 35.9 Å². The van der Waals surface area contributed by atoms with Gasteiger partial charge in [0.1, 0.15) is 0 Å². The predicted octanol–water partition coefficient (Wildman–Crippen LogP) is 1.87. The van der Waals surface area contributed by atoms with Crippen molar-refractivity contribution < 1.29 is 5.11 Å². The van der Waals surface area contributed by atoms with Gasteiger partial charge in [-0.1, -0.05) is 37.3 Å². The van der Waals surface area contributed by atoms with E-state index in [1.807, 2.05) is 27.0 Å². The van der Waals surface area contributed by atoms with Crippen molar-refractivity contribution in [1.29, 1.82) is 0 Å². The lowest BCUT2D eigenvalue weighted by atomic mass is 9.81. The van der Waals surface area contributed by atoms with E-state index in [1.165, 1.54) is 5.56 Å². The van der Waals surface area contributed by atoms with Crippen LogP contribution in [0.15, 0.2) is 30.3 Å². The Hall–Kier alpha value is -0.900. The van der Waals surface area contributed by atoms with Crippen LogP contribution in [0.2, 0.25) is 0 Å². The fraction of sp³-hybridized carbons (Fsp3) is 0.625. The van der Waals surface area contributed by atoms with Crippen molar-refractivity contribution in [1.82, 2.24) is 10.2 Å². The van der Waals surface area contributed by atoms with E-state index in [0.717, 1.165) is 13.1 Å². The molecule has 0 fully saturated rings. The summed E-state index contributed by atoms with van der Waals surface area (Å²) in [5.41, 5.74) is 0.703. The molecule has 0 amide bonds. The third-order valence-electron chi connectivity index (χ3n) is 3.31. The van der Waals surface area contributed by atoms with Crippen LogP contribution in [0.3, 0.4) is 0 Å². The summed E-state index contributed by atoms with van der Waals surface area (Å²) in [5, 5.41) is 13.2. The highest BCUT2D eigenvalue weighted by Crippen LogP contribution is 2.24. The SMILES string of the molecule is CNCC(C)(CN(C)CC(C)(C)O)c1ccccc1. The summed E-state index contributed by atoms with van der Waals surface area (Å²) in [6.07, 6.45) is 0. The van der Waals surface area contributed by atoms with Crippen LogP contribution in [0.1, 0.15) is 26.3 Å². The average Bonchev–Trinajstić information content (AvgIpc) is 2.27. The Morgan fingerprint density at radius 3 is 2.16 bits per heavy atom. The minimum atomic E-state index is -0.661. The lowest BCUT2D eigenvalue weighted by Gasteiger charge is -2.36. The molecule has 19 heavy (non-hydrogen) atoms. The standard InChI is InChI=1S/C16H28N2O/c1-15(2,19)12-18(5)13-16(3,11-17-4)14-9-7-6-8-10-14/h6-10,17,19H,11-13H2,1-5H3. The molecule has 3 nitrogen and oxygen atoms in total. The van der Waals surface area contributed by atoms with Gasteiger partial charge in [0, 0.05) is 25.0 Å². The first-order valence-electron chi connectivity index (χ1n) is 6.88. The number of rotatable bonds is 7. The zero-order valence-electron chi connectivity index (χ0n) is 12.9. The molecule has 0 bridgehead atoms. The second-order valence-electron chi connectivity index (χ2n) is 6.44. The number of aliphatic hydroxyl groups is 1. The summed E-state index contributed by atoms with van der Waals surface area (Å²) in [4.78, 5) is 2.20. The topological polar surface area (TPSA) is 35.5 Å². The molecule has 0 aromatic heterocycles. The van der Waals surface area contributed by atoms with Gasteiger partial charge in [-0.2, -0.15) is 0 Å². The lowest BCUT2D eigenvalue weighted by molar-refractivity contribution is 0.0386. The molecule has 0 aliphatic heterocycles. The Kier molecular flexibility index (Phi) is 5.53. The van der Waals surface area contributed by atoms with E-state index in [1.54, 1.807) is 0 Å². The van der Waals surface area contributed by atoms with Gasteiger partial charge in [-0.25, -0.2) is 0 Å². The Morgan fingerprint density at radius 1 is 1.11 bits per heavy atom. The van der Waals surface area contributed by atoms with Crippen molar-refractivity contribution in [2.75, 3.05) is 33.7 Å². The number of nitrogens with one attached hydrogen (secondary N) is 1. The average molecular weight is 264 g/mol. The maximum atomic E-state index is 9.93. The predicted molar refractivity (Wildman–Crippen MR) is 81.5 cm³/mol. The maximum absolute atomic E-state index is 9.93. The molecule has 1 rings (SSSR count). The number of nitrogens with zero attached hydrogens (tertiary/aromatic N) is 1. The number of benzene rings is 1. The molecule has 1 unspecified atom stereocenters.